The molecule has 1 fully saturated rings. The standard InChI is InChI=1S/C27H35ClN6O5S2/c1-30(2)15-20-19-7-6-17(28)12-23(19)40-27(20)41(37,38)33-10-11-34(18(14-33)13-24(35)31(3)4)26(36)25-29-21-8-9-32(5)16-22(21)39-25/h6-7,12,18H,8-11,13-16H2,1-5H3. The Balaban J connectivity index is 1.46. The van der Waals surface area contributed by atoms with E-state index in [1.54, 1.807) is 31.1 Å². The van der Waals surface area contributed by atoms with Gasteiger partial charge < -0.3 is 19.1 Å². The Bertz CT molecular complexity index is 1580. The zero-order chi connectivity index (χ0) is 29.6. The summed E-state index contributed by atoms with van der Waals surface area (Å²) in [5.41, 5.74) is 1.48. The van der Waals surface area contributed by atoms with Gasteiger partial charge in [0.25, 0.3) is 15.9 Å². The largest absolute Gasteiger partial charge is 0.436 e. The summed E-state index contributed by atoms with van der Waals surface area (Å²) in [6.07, 6.45) is 0.660. The van der Waals surface area contributed by atoms with E-state index in [0.29, 0.717) is 35.9 Å². The van der Waals surface area contributed by atoms with Gasteiger partial charge in [-0.25, -0.2) is 13.4 Å². The van der Waals surface area contributed by atoms with E-state index in [0.717, 1.165) is 22.3 Å². The summed E-state index contributed by atoms with van der Waals surface area (Å²) >= 11 is 7.42. The van der Waals surface area contributed by atoms with E-state index in [9.17, 15) is 18.0 Å². The summed E-state index contributed by atoms with van der Waals surface area (Å²) in [5, 5.41) is 1.38. The fourth-order valence-electron chi connectivity index (χ4n) is 5.30. The van der Waals surface area contributed by atoms with Crippen LogP contribution >= 0.6 is 22.9 Å². The molecule has 2 aliphatic heterocycles. The Morgan fingerprint density at radius 2 is 1.93 bits per heavy atom. The molecule has 41 heavy (non-hydrogen) atoms. The predicted octanol–water partition coefficient (Wildman–Crippen LogP) is 2.59. The van der Waals surface area contributed by atoms with E-state index in [-0.39, 0.29) is 42.1 Å². The molecule has 0 N–H and O–H groups in total. The van der Waals surface area contributed by atoms with Crippen molar-refractivity contribution < 1.29 is 22.4 Å². The van der Waals surface area contributed by atoms with Crippen molar-refractivity contribution in [3.63, 3.8) is 0 Å². The molecule has 4 heterocycles. The SMILES string of the molecule is CN(C)Cc1c(S(=O)(=O)N2CCN(C(=O)c3nc4c(o3)CN(C)CC4)C(CC(=O)N(C)C)C2)sc2cc(Cl)ccc12. The van der Waals surface area contributed by atoms with E-state index in [4.69, 9.17) is 16.0 Å². The zero-order valence-corrected chi connectivity index (χ0v) is 26.3. The molecule has 222 valence electrons. The van der Waals surface area contributed by atoms with Gasteiger partial charge in [0.15, 0.2) is 0 Å². The van der Waals surface area contributed by atoms with Crippen LogP contribution in [0.3, 0.4) is 0 Å². The number of hydrogen-bond acceptors (Lipinski definition) is 9. The Hall–Kier alpha value is -2.55. The van der Waals surface area contributed by atoms with Crippen molar-refractivity contribution in [3.05, 3.63) is 46.1 Å². The smallest absolute Gasteiger partial charge is 0.310 e. The summed E-state index contributed by atoms with van der Waals surface area (Å²) in [5.74, 6) is 0.0201. The molecule has 2 aromatic heterocycles. The Kier molecular flexibility index (Phi) is 8.48. The number of rotatable bonds is 7. The van der Waals surface area contributed by atoms with Crippen LogP contribution < -0.4 is 0 Å². The number of oxazole rings is 1. The maximum atomic E-state index is 14.2. The fraction of sp³-hybridized carbons (Fsp3) is 0.519. The van der Waals surface area contributed by atoms with Crippen molar-refractivity contribution in [2.45, 2.75) is 36.2 Å². The Labute approximate surface area is 249 Å². The maximum Gasteiger partial charge on any atom is 0.310 e. The van der Waals surface area contributed by atoms with Crippen LogP contribution in [0.5, 0.6) is 0 Å². The van der Waals surface area contributed by atoms with Crippen molar-refractivity contribution in [2.75, 3.05) is 61.4 Å². The second-order valence-electron chi connectivity index (χ2n) is 11.1. The van der Waals surface area contributed by atoms with Crippen molar-refractivity contribution in [1.82, 2.24) is 28.9 Å². The van der Waals surface area contributed by atoms with Crippen LogP contribution in [0.2, 0.25) is 5.02 Å². The van der Waals surface area contributed by atoms with Gasteiger partial charge in [-0.15, -0.1) is 11.3 Å². The van der Waals surface area contributed by atoms with Gasteiger partial charge in [0.1, 0.15) is 9.97 Å². The monoisotopic (exact) mass is 622 g/mol. The number of benzene rings is 1. The first kappa shape index (κ1) is 29.9. The van der Waals surface area contributed by atoms with Gasteiger partial charge in [0.05, 0.1) is 18.3 Å². The zero-order valence-electron chi connectivity index (χ0n) is 23.9. The molecule has 11 nitrogen and oxygen atoms in total. The molecule has 0 radical (unpaired) electrons. The van der Waals surface area contributed by atoms with Crippen LogP contribution in [0.4, 0.5) is 0 Å². The summed E-state index contributed by atoms with van der Waals surface area (Å²) in [7, 11) is 5.09. The third-order valence-electron chi connectivity index (χ3n) is 7.49. The number of sulfonamides is 1. The lowest BCUT2D eigenvalue weighted by Gasteiger charge is -2.40. The molecule has 0 spiro atoms. The number of hydrogen-bond donors (Lipinski definition) is 0. The number of carbonyl (C=O) groups excluding carboxylic acids is 2. The highest BCUT2D eigenvalue weighted by Gasteiger charge is 2.41. The first-order chi connectivity index (χ1) is 19.3. The molecule has 3 aromatic rings. The fourth-order valence-corrected chi connectivity index (χ4v) is 8.94. The van der Waals surface area contributed by atoms with E-state index in [1.165, 1.54) is 20.5 Å². The molecular weight excluding hydrogens is 588 g/mol. The summed E-state index contributed by atoms with van der Waals surface area (Å²) in [6.45, 7) is 1.99. The quantitative estimate of drug-likeness (QED) is 0.396. The van der Waals surface area contributed by atoms with Crippen LogP contribution in [0, 0.1) is 0 Å². The third kappa shape index (κ3) is 6.02. The number of amides is 2. The highest BCUT2D eigenvalue weighted by atomic mass is 35.5. The minimum Gasteiger partial charge on any atom is -0.436 e. The normalized spacial score (nSPS) is 18.7. The molecule has 0 bridgehead atoms. The lowest BCUT2D eigenvalue weighted by molar-refractivity contribution is -0.130. The van der Waals surface area contributed by atoms with Gasteiger partial charge in [0.2, 0.25) is 5.91 Å². The molecule has 0 aliphatic carbocycles. The van der Waals surface area contributed by atoms with Crippen molar-refractivity contribution >= 4 is 54.9 Å². The molecular formula is C27H35ClN6O5S2. The number of aromatic nitrogens is 1. The number of carbonyl (C=O) groups is 2. The molecule has 1 saturated heterocycles. The summed E-state index contributed by atoms with van der Waals surface area (Å²) in [6, 6.07) is 4.71. The molecule has 5 rings (SSSR count). The molecule has 14 heteroatoms. The van der Waals surface area contributed by atoms with Crippen LogP contribution in [0.25, 0.3) is 10.1 Å². The molecule has 0 saturated carbocycles. The Morgan fingerprint density at radius 1 is 1.17 bits per heavy atom. The highest BCUT2D eigenvalue weighted by molar-refractivity contribution is 7.91. The molecule has 1 unspecified atom stereocenters. The molecule has 1 aromatic carbocycles. The number of piperazine rings is 1. The van der Waals surface area contributed by atoms with Gasteiger partial charge in [-0.2, -0.15) is 4.31 Å². The molecule has 2 aliphatic rings. The number of halogens is 1. The lowest BCUT2D eigenvalue weighted by Crippen LogP contribution is -2.57. The number of likely N-dealkylation sites (N-methyl/N-ethyl adjacent to an activating group) is 1. The second kappa shape index (κ2) is 11.6. The summed E-state index contributed by atoms with van der Waals surface area (Å²) < 4.78 is 36.6. The van der Waals surface area contributed by atoms with Crippen LogP contribution in [-0.2, 0) is 34.3 Å². The second-order valence-corrected chi connectivity index (χ2v) is 14.8. The van der Waals surface area contributed by atoms with Crippen LogP contribution in [0.1, 0.15) is 34.1 Å². The van der Waals surface area contributed by atoms with E-state index in [1.807, 2.05) is 32.1 Å². The van der Waals surface area contributed by atoms with Crippen molar-refractivity contribution in [3.8, 4) is 0 Å². The van der Waals surface area contributed by atoms with Crippen molar-refractivity contribution in [2.24, 2.45) is 0 Å². The topological polar surface area (TPSA) is 111 Å². The molecule has 2 amide bonds. The first-order valence-electron chi connectivity index (χ1n) is 13.4. The molecule has 1 atom stereocenters. The third-order valence-corrected chi connectivity index (χ3v) is 11.3. The van der Waals surface area contributed by atoms with Gasteiger partial charge in [-0.3, -0.25) is 14.5 Å². The van der Waals surface area contributed by atoms with Crippen LogP contribution in [0.15, 0.2) is 26.8 Å². The average molecular weight is 623 g/mol. The lowest BCUT2D eigenvalue weighted by atomic mass is 10.1. The predicted molar refractivity (Wildman–Crippen MR) is 158 cm³/mol. The minimum absolute atomic E-state index is 0.0152. The van der Waals surface area contributed by atoms with Gasteiger partial charge in [-0.1, -0.05) is 17.7 Å². The maximum absolute atomic E-state index is 14.2. The highest BCUT2D eigenvalue weighted by Crippen LogP contribution is 2.39. The van der Waals surface area contributed by atoms with Gasteiger partial charge >= 0.3 is 5.91 Å². The van der Waals surface area contributed by atoms with E-state index < -0.39 is 22.0 Å². The van der Waals surface area contributed by atoms with Gasteiger partial charge in [-0.05, 0) is 38.7 Å². The number of fused-ring (bicyclic) bond motifs is 2. The first-order valence-corrected chi connectivity index (χ1v) is 16.0. The number of nitrogens with zero attached hydrogens (tertiary/aromatic N) is 6. The van der Waals surface area contributed by atoms with Gasteiger partial charge in [0, 0.05) is 74.9 Å². The van der Waals surface area contributed by atoms with Crippen molar-refractivity contribution in [1.29, 1.82) is 0 Å². The average Bonchev–Trinajstić information content (AvgIpc) is 3.49. The van der Waals surface area contributed by atoms with E-state index in [2.05, 4.69) is 9.88 Å². The minimum atomic E-state index is -3.95. The van der Waals surface area contributed by atoms with E-state index >= 15 is 0 Å². The summed E-state index contributed by atoms with van der Waals surface area (Å²) in [4.78, 5) is 38.0. The Morgan fingerprint density at radius 3 is 2.63 bits per heavy atom. The number of thiophene rings is 1. The van der Waals surface area contributed by atoms with Crippen LogP contribution in [-0.4, -0.2) is 117 Å².